The number of hydrogen-bond donors (Lipinski definition) is 1. The van der Waals surface area contributed by atoms with Crippen molar-refractivity contribution < 1.29 is 4.79 Å². The predicted molar refractivity (Wildman–Crippen MR) is 128 cm³/mol. The van der Waals surface area contributed by atoms with E-state index in [1.54, 1.807) is 18.5 Å². The average molecular weight is 430 g/mol. The first-order chi connectivity index (χ1) is 15.1. The Bertz CT molecular complexity index is 1220. The summed E-state index contributed by atoms with van der Waals surface area (Å²) < 4.78 is 1.89. The maximum atomic E-state index is 13.5. The van der Waals surface area contributed by atoms with Crippen LogP contribution in [-0.4, -0.2) is 25.3 Å². The minimum absolute atomic E-state index is 0.113. The van der Waals surface area contributed by atoms with Crippen molar-refractivity contribution >= 4 is 40.1 Å². The molecule has 3 aromatic rings. The number of aromatic nitrogens is 4. The molecular weight excluding hydrogens is 406 g/mol. The molecule has 1 N–H and O–H groups in total. The summed E-state index contributed by atoms with van der Waals surface area (Å²) in [5, 5.41) is 5.89. The lowest BCUT2D eigenvalue weighted by atomic mass is 10.0. The van der Waals surface area contributed by atoms with Gasteiger partial charge < -0.3 is 9.88 Å². The van der Waals surface area contributed by atoms with Gasteiger partial charge in [-0.05, 0) is 35.5 Å². The highest BCUT2D eigenvalue weighted by Crippen LogP contribution is 2.33. The van der Waals surface area contributed by atoms with Gasteiger partial charge in [0, 0.05) is 37.7 Å². The van der Waals surface area contributed by atoms with Crippen molar-refractivity contribution in [1.82, 2.24) is 19.5 Å². The minimum atomic E-state index is -0.113. The van der Waals surface area contributed by atoms with E-state index in [1.165, 1.54) is 11.8 Å². The second-order valence-electron chi connectivity index (χ2n) is 7.16. The number of thioether (sulfide) groups is 1. The number of rotatable bonds is 7. The zero-order chi connectivity index (χ0) is 21.8. The number of Topliss-reactive ketones (excluding diaryl/α,β-unsaturated/α-hetero) is 1. The monoisotopic (exact) mass is 429 g/mol. The van der Waals surface area contributed by atoms with Gasteiger partial charge in [-0.2, -0.15) is 4.98 Å². The van der Waals surface area contributed by atoms with E-state index in [-0.39, 0.29) is 5.78 Å². The number of fused-ring (bicyclic) bond motifs is 1. The van der Waals surface area contributed by atoms with E-state index in [1.807, 2.05) is 41.4 Å². The molecule has 4 rings (SSSR count). The van der Waals surface area contributed by atoms with Crippen molar-refractivity contribution in [2.24, 2.45) is 7.05 Å². The quantitative estimate of drug-likeness (QED) is 0.407. The van der Waals surface area contributed by atoms with E-state index in [2.05, 4.69) is 39.5 Å². The van der Waals surface area contributed by atoms with Gasteiger partial charge in [0.1, 0.15) is 11.3 Å². The van der Waals surface area contributed by atoms with Gasteiger partial charge >= 0.3 is 0 Å². The second-order valence-corrected chi connectivity index (χ2v) is 8.10. The van der Waals surface area contributed by atoms with Crippen LogP contribution < -0.4 is 5.32 Å². The smallest absolute Gasteiger partial charge is 0.225 e. The number of aryl methyl sites for hydroxylation is 1. The summed E-state index contributed by atoms with van der Waals surface area (Å²) >= 11 is 1.43. The molecule has 7 heteroatoms. The van der Waals surface area contributed by atoms with E-state index in [0.29, 0.717) is 34.1 Å². The molecule has 0 saturated carbocycles. The molecule has 1 aliphatic heterocycles. The van der Waals surface area contributed by atoms with Crippen LogP contribution in [0.4, 0.5) is 5.95 Å². The third kappa shape index (κ3) is 4.36. The first-order valence-electron chi connectivity index (χ1n) is 9.96. The lowest BCUT2D eigenvalue weighted by Gasteiger charge is -2.10. The van der Waals surface area contributed by atoms with E-state index < -0.39 is 0 Å². The first kappa shape index (κ1) is 20.8. The highest BCUT2D eigenvalue weighted by atomic mass is 32.2. The molecule has 31 heavy (non-hydrogen) atoms. The van der Waals surface area contributed by atoms with Crippen LogP contribution in [0.15, 0.2) is 72.4 Å². The fourth-order valence-corrected chi connectivity index (χ4v) is 4.16. The predicted octanol–water partition coefficient (Wildman–Crippen LogP) is 5.28. The number of pyridine rings is 1. The van der Waals surface area contributed by atoms with Crippen molar-refractivity contribution in [2.45, 2.75) is 19.4 Å². The molecule has 0 saturated heterocycles. The van der Waals surface area contributed by atoms with Gasteiger partial charge in [0.2, 0.25) is 11.7 Å². The summed E-state index contributed by atoms with van der Waals surface area (Å²) in [7, 11) is 1.90. The number of ketones is 1. The standard InChI is InChI=1S/C24H23N5OS/c1-4-16(2)18-15-29(3)23-20(18)21(22(30)19-10-6-5-7-12-31-19)27-24(28-23)26-14-17-9-8-11-25-13-17/h4,7-13,15H,1-2,5-6,14H2,3H3,(H,26,27,28). The van der Waals surface area contributed by atoms with Crippen molar-refractivity contribution in [3.63, 3.8) is 0 Å². The van der Waals surface area contributed by atoms with Crippen LogP contribution in [0.25, 0.3) is 16.6 Å². The van der Waals surface area contributed by atoms with Crippen LogP contribution in [0, 0.1) is 0 Å². The molecule has 156 valence electrons. The van der Waals surface area contributed by atoms with Gasteiger partial charge in [-0.25, -0.2) is 4.98 Å². The van der Waals surface area contributed by atoms with Gasteiger partial charge in [0.15, 0.2) is 0 Å². The summed E-state index contributed by atoms with van der Waals surface area (Å²) in [5.74, 6) is 0.282. The molecule has 0 amide bonds. The summed E-state index contributed by atoms with van der Waals surface area (Å²) in [6, 6.07) is 3.85. The van der Waals surface area contributed by atoms with Gasteiger partial charge in [-0.1, -0.05) is 49.2 Å². The lowest BCUT2D eigenvalue weighted by molar-refractivity contribution is 0.104. The topological polar surface area (TPSA) is 72.7 Å². The van der Waals surface area contributed by atoms with Crippen molar-refractivity contribution in [2.75, 3.05) is 5.32 Å². The van der Waals surface area contributed by atoms with Gasteiger partial charge in [0.25, 0.3) is 0 Å². The molecule has 0 aromatic carbocycles. The van der Waals surface area contributed by atoms with Crippen molar-refractivity contribution in [1.29, 1.82) is 0 Å². The number of carbonyl (C=O) groups is 1. The molecule has 0 atom stereocenters. The molecule has 0 spiro atoms. The van der Waals surface area contributed by atoms with Crippen LogP contribution in [0.3, 0.4) is 0 Å². The fraction of sp³-hybridized carbons (Fsp3) is 0.167. The molecule has 0 unspecified atom stereocenters. The summed E-state index contributed by atoms with van der Waals surface area (Å²) in [6.45, 7) is 8.42. The van der Waals surface area contributed by atoms with E-state index in [4.69, 9.17) is 0 Å². The van der Waals surface area contributed by atoms with Crippen LogP contribution in [0.5, 0.6) is 0 Å². The highest BCUT2D eigenvalue weighted by molar-refractivity contribution is 8.06. The van der Waals surface area contributed by atoms with Crippen molar-refractivity contribution in [3.8, 4) is 0 Å². The number of hydrogen-bond acceptors (Lipinski definition) is 6. The number of nitrogens with zero attached hydrogens (tertiary/aromatic N) is 4. The molecule has 1 aliphatic rings. The van der Waals surface area contributed by atoms with E-state index >= 15 is 0 Å². The lowest BCUT2D eigenvalue weighted by Crippen LogP contribution is -2.11. The highest BCUT2D eigenvalue weighted by Gasteiger charge is 2.24. The molecule has 0 fully saturated rings. The average Bonchev–Trinajstić information content (AvgIpc) is 2.97. The molecular formula is C24H23N5OS. The Morgan fingerprint density at radius 1 is 1.35 bits per heavy atom. The zero-order valence-corrected chi connectivity index (χ0v) is 18.2. The molecule has 0 aliphatic carbocycles. The molecule has 6 nitrogen and oxygen atoms in total. The Kier molecular flexibility index (Phi) is 6.13. The fourth-order valence-electron chi connectivity index (χ4n) is 3.36. The Morgan fingerprint density at radius 2 is 2.23 bits per heavy atom. The summed E-state index contributed by atoms with van der Waals surface area (Å²) in [4.78, 5) is 27.7. The maximum Gasteiger partial charge on any atom is 0.225 e. The van der Waals surface area contributed by atoms with Gasteiger partial charge in [-0.15, -0.1) is 0 Å². The Morgan fingerprint density at radius 3 is 3.00 bits per heavy atom. The number of carbonyl (C=O) groups excluding carboxylic acids is 1. The summed E-state index contributed by atoms with van der Waals surface area (Å²) in [5.41, 5.74) is 3.57. The van der Waals surface area contributed by atoms with Gasteiger partial charge in [-0.3, -0.25) is 9.78 Å². The third-order valence-electron chi connectivity index (χ3n) is 4.98. The van der Waals surface area contributed by atoms with E-state index in [0.717, 1.165) is 29.5 Å². The van der Waals surface area contributed by atoms with Crippen LogP contribution >= 0.6 is 11.8 Å². The normalized spacial score (nSPS) is 13.5. The molecule has 0 bridgehead atoms. The maximum absolute atomic E-state index is 13.5. The van der Waals surface area contributed by atoms with Crippen LogP contribution in [-0.2, 0) is 13.6 Å². The summed E-state index contributed by atoms with van der Waals surface area (Å²) in [6.07, 6.45) is 12.9. The third-order valence-corrected chi connectivity index (χ3v) is 5.91. The number of nitrogens with one attached hydrogen (secondary N) is 1. The van der Waals surface area contributed by atoms with Crippen molar-refractivity contribution in [3.05, 3.63) is 89.2 Å². The Balaban J connectivity index is 1.82. The molecule has 4 heterocycles. The second kappa shape index (κ2) is 9.14. The largest absolute Gasteiger partial charge is 0.350 e. The SMILES string of the molecule is C=CC(=C)c1cn(C)c2nc(NCc3cccnc3)nc(C(=O)C3=CCCC=CS3)c12. The van der Waals surface area contributed by atoms with Crippen LogP contribution in [0.2, 0.25) is 0 Å². The Labute approximate surface area is 185 Å². The van der Waals surface area contributed by atoms with Crippen LogP contribution in [0.1, 0.15) is 34.5 Å². The molecule has 3 aromatic heterocycles. The van der Waals surface area contributed by atoms with Gasteiger partial charge in [0.05, 0.1) is 10.3 Å². The van der Waals surface area contributed by atoms with E-state index in [9.17, 15) is 4.79 Å². The first-order valence-corrected chi connectivity index (χ1v) is 10.8. The molecule has 0 radical (unpaired) electrons. The number of allylic oxidation sites excluding steroid dienone is 5. The Hall–Kier alpha value is -3.45. The number of anilines is 1. The zero-order valence-electron chi connectivity index (χ0n) is 17.3. The minimum Gasteiger partial charge on any atom is -0.350 e.